The Morgan fingerprint density at radius 1 is 1.17 bits per heavy atom. The SMILES string of the molecule is Nc1nc2c(s1)COc1c-2ccc2ccccc12. The number of aromatic nitrogens is 1. The van der Waals surface area contributed by atoms with Gasteiger partial charge in [-0.25, -0.2) is 4.98 Å². The normalized spacial score (nSPS) is 12.9. The number of benzene rings is 2. The molecule has 0 amide bonds. The van der Waals surface area contributed by atoms with E-state index in [0.717, 1.165) is 27.3 Å². The van der Waals surface area contributed by atoms with Gasteiger partial charge < -0.3 is 10.5 Å². The largest absolute Gasteiger partial charge is 0.487 e. The van der Waals surface area contributed by atoms with Gasteiger partial charge in [-0.15, -0.1) is 0 Å². The highest BCUT2D eigenvalue weighted by atomic mass is 32.1. The van der Waals surface area contributed by atoms with Gasteiger partial charge in [0.1, 0.15) is 12.4 Å². The minimum absolute atomic E-state index is 0.561. The van der Waals surface area contributed by atoms with E-state index in [1.54, 1.807) is 0 Å². The smallest absolute Gasteiger partial charge is 0.180 e. The Morgan fingerprint density at radius 2 is 2.06 bits per heavy atom. The van der Waals surface area contributed by atoms with Gasteiger partial charge in [0.25, 0.3) is 0 Å². The maximum absolute atomic E-state index is 5.89. The number of anilines is 1. The van der Waals surface area contributed by atoms with E-state index < -0.39 is 0 Å². The van der Waals surface area contributed by atoms with Crippen LogP contribution in [-0.4, -0.2) is 4.98 Å². The molecule has 0 saturated carbocycles. The van der Waals surface area contributed by atoms with Crippen molar-refractivity contribution < 1.29 is 4.74 Å². The topological polar surface area (TPSA) is 48.1 Å². The average molecular weight is 254 g/mol. The summed E-state index contributed by atoms with van der Waals surface area (Å²) in [6.45, 7) is 0.561. The van der Waals surface area contributed by atoms with Crippen molar-refractivity contribution in [3.8, 4) is 17.0 Å². The maximum Gasteiger partial charge on any atom is 0.180 e. The molecule has 2 N–H and O–H groups in total. The summed E-state index contributed by atoms with van der Waals surface area (Å²) in [4.78, 5) is 5.52. The van der Waals surface area contributed by atoms with Gasteiger partial charge >= 0.3 is 0 Å². The Kier molecular flexibility index (Phi) is 1.91. The van der Waals surface area contributed by atoms with Crippen LogP contribution in [0.1, 0.15) is 4.88 Å². The highest BCUT2D eigenvalue weighted by Gasteiger charge is 2.22. The summed E-state index contributed by atoms with van der Waals surface area (Å²) in [6.07, 6.45) is 0. The van der Waals surface area contributed by atoms with Gasteiger partial charge in [0, 0.05) is 10.9 Å². The minimum atomic E-state index is 0.561. The summed E-state index contributed by atoms with van der Waals surface area (Å²) >= 11 is 1.50. The molecule has 4 rings (SSSR count). The third kappa shape index (κ3) is 1.26. The Balaban J connectivity index is 2.08. The molecule has 1 aromatic heterocycles. The van der Waals surface area contributed by atoms with Crippen molar-refractivity contribution in [2.45, 2.75) is 6.61 Å². The summed E-state index contributed by atoms with van der Waals surface area (Å²) in [5, 5.41) is 2.92. The molecule has 18 heavy (non-hydrogen) atoms. The van der Waals surface area contributed by atoms with Crippen LogP contribution >= 0.6 is 11.3 Å². The van der Waals surface area contributed by atoms with E-state index in [9.17, 15) is 0 Å². The highest BCUT2D eigenvalue weighted by Crippen LogP contribution is 2.43. The first-order chi connectivity index (χ1) is 8.83. The molecule has 0 fully saturated rings. The van der Waals surface area contributed by atoms with E-state index in [0.29, 0.717) is 11.7 Å². The van der Waals surface area contributed by atoms with Crippen molar-refractivity contribution in [3.63, 3.8) is 0 Å². The van der Waals surface area contributed by atoms with Crippen LogP contribution in [-0.2, 0) is 6.61 Å². The molecule has 0 atom stereocenters. The van der Waals surface area contributed by atoms with E-state index >= 15 is 0 Å². The van der Waals surface area contributed by atoms with E-state index in [4.69, 9.17) is 10.5 Å². The van der Waals surface area contributed by atoms with Crippen molar-refractivity contribution in [2.24, 2.45) is 0 Å². The van der Waals surface area contributed by atoms with Gasteiger partial charge in [0.2, 0.25) is 0 Å². The molecule has 3 aromatic rings. The molecule has 88 valence electrons. The lowest BCUT2D eigenvalue weighted by Gasteiger charge is -2.18. The first kappa shape index (κ1) is 9.91. The van der Waals surface area contributed by atoms with Gasteiger partial charge in [-0.3, -0.25) is 0 Å². The van der Waals surface area contributed by atoms with Crippen LogP contribution in [0, 0.1) is 0 Å². The molecule has 0 radical (unpaired) electrons. The first-order valence-electron chi connectivity index (χ1n) is 5.73. The van der Waals surface area contributed by atoms with Gasteiger partial charge in [0.15, 0.2) is 5.13 Å². The van der Waals surface area contributed by atoms with Crippen LogP contribution in [0.2, 0.25) is 0 Å². The predicted molar refractivity (Wildman–Crippen MR) is 73.8 cm³/mol. The summed E-state index contributed by atoms with van der Waals surface area (Å²) in [5.74, 6) is 0.922. The monoisotopic (exact) mass is 254 g/mol. The minimum Gasteiger partial charge on any atom is -0.487 e. The van der Waals surface area contributed by atoms with Gasteiger partial charge in [0.05, 0.1) is 10.6 Å². The zero-order valence-electron chi connectivity index (χ0n) is 9.51. The summed E-state index contributed by atoms with van der Waals surface area (Å²) in [5.41, 5.74) is 7.80. The molecule has 0 aliphatic carbocycles. The van der Waals surface area contributed by atoms with Crippen LogP contribution in [0.5, 0.6) is 5.75 Å². The molecule has 2 aromatic carbocycles. The second-order valence-electron chi connectivity index (χ2n) is 4.28. The predicted octanol–water partition coefficient (Wildman–Crippen LogP) is 3.44. The molecule has 2 heterocycles. The number of nitrogen functional groups attached to an aromatic ring is 1. The summed E-state index contributed by atoms with van der Waals surface area (Å²) < 4.78 is 5.89. The Labute approximate surface area is 108 Å². The highest BCUT2D eigenvalue weighted by molar-refractivity contribution is 7.15. The van der Waals surface area contributed by atoms with Crippen LogP contribution < -0.4 is 10.5 Å². The van der Waals surface area contributed by atoms with Crippen molar-refractivity contribution in [1.82, 2.24) is 4.98 Å². The lowest BCUT2D eigenvalue weighted by Crippen LogP contribution is -2.03. The number of hydrogen-bond acceptors (Lipinski definition) is 4. The van der Waals surface area contributed by atoms with E-state index in [-0.39, 0.29) is 0 Å². The number of nitrogens with two attached hydrogens (primary N) is 1. The van der Waals surface area contributed by atoms with E-state index in [1.165, 1.54) is 16.7 Å². The second kappa shape index (κ2) is 3.46. The molecule has 0 unspecified atom stereocenters. The lowest BCUT2D eigenvalue weighted by atomic mass is 10.0. The molecule has 0 spiro atoms. The zero-order valence-corrected chi connectivity index (χ0v) is 10.3. The van der Waals surface area contributed by atoms with Crippen LogP contribution in [0.15, 0.2) is 36.4 Å². The fraction of sp³-hybridized carbons (Fsp3) is 0.0714. The number of fused-ring (bicyclic) bond motifs is 5. The van der Waals surface area contributed by atoms with Crippen LogP contribution in [0.4, 0.5) is 5.13 Å². The van der Waals surface area contributed by atoms with Crippen molar-refractivity contribution in [1.29, 1.82) is 0 Å². The molecule has 3 nitrogen and oxygen atoms in total. The number of thiazole rings is 1. The Morgan fingerprint density at radius 3 is 3.00 bits per heavy atom. The van der Waals surface area contributed by atoms with Crippen LogP contribution in [0.25, 0.3) is 22.0 Å². The molecular formula is C14H10N2OS. The second-order valence-corrected chi connectivity index (χ2v) is 5.39. The quantitative estimate of drug-likeness (QED) is 0.668. The number of ether oxygens (including phenoxy) is 1. The van der Waals surface area contributed by atoms with Gasteiger partial charge in [-0.05, 0) is 11.5 Å². The van der Waals surface area contributed by atoms with Crippen molar-refractivity contribution in [2.75, 3.05) is 5.73 Å². The average Bonchev–Trinajstić information content (AvgIpc) is 2.79. The van der Waals surface area contributed by atoms with E-state index in [2.05, 4.69) is 29.2 Å². The number of hydrogen-bond donors (Lipinski definition) is 1. The zero-order chi connectivity index (χ0) is 12.1. The fourth-order valence-corrected chi connectivity index (χ4v) is 3.16. The Bertz CT molecular complexity index is 764. The summed E-state index contributed by atoms with van der Waals surface area (Å²) in [7, 11) is 0. The lowest BCUT2D eigenvalue weighted by molar-refractivity contribution is 0.309. The summed E-state index contributed by atoms with van der Waals surface area (Å²) in [6, 6.07) is 12.4. The van der Waals surface area contributed by atoms with Crippen LogP contribution in [0.3, 0.4) is 0 Å². The Hall–Kier alpha value is -2.07. The standard InChI is InChI=1S/C14H10N2OS/c15-14-16-12-10-6-5-8-3-1-2-4-9(8)13(10)17-7-11(12)18-14/h1-6H,7H2,(H2,15,16). The molecule has 0 saturated heterocycles. The molecule has 0 bridgehead atoms. The third-order valence-corrected chi connectivity index (χ3v) is 4.05. The van der Waals surface area contributed by atoms with Gasteiger partial charge in [-0.1, -0.05) is 41.7 Å². The van der Waals surface area contributed by atoms with Gasteiger partial charge in [-0.2, -0.15) is 0 Å². The molecular weight excluding hydrogens is 244 g/mol. The molecule has 4 heteroatoms. The number of rotatable bonds is 0. The van der Waals surface area contributed by atoms with Crippen molar-refractivity contribution in [3.05, 3.63) is 41.3 Å². The fourth-order valence-electron chi connectivity index (χ4n) is 2.40. The third-order valence-electron chi connectivity index (χ3n) is 3.20. The number of nitrogens with zero attached hydrogens (tertiary/aromatic N) is 1. The maximum atomic E-state index is 5.89. The molecule has 1 aliphatic heterocycles. The first-order valence-corrected chi connectivity index (χ1v) is 6.55. The van der Waals surface area contributed by atoms with E-state index in [1.807, 2.05) is 12.1 Å². The van der Waals surface area contributed by atoms with Crippen molar-refractivity contribution >= 4 is 27.2 Å². The molecule has 1 aliphatic rings.